The smallest absolute Gasteiger partial charge is 0.254 e. The molecule has 1 heterocycles. The first-order valence-corrected chi connectivity index (χ1v) is 3.91. The van der Waals surface area contributed by atoms with Crippen LogP contribution < -0.4 is 5.73 Å². The Hall–Kier alpha value is -1.65. The first-order valence-electron chi connectivity index (χ1n) is 3.91. The van der Waals surface area contributed by atoms with Crippen molar-refractivity contribution in [3.63, 3.8) is 0 Å². The summed E-state index contributed by atoms with van der Waals surface area (Å²) in [4.78, 5) is 21.2. The molecule has 70 valence electrons. The number of nitrogens with two attached hydrogens (primary N) is 1. The predicted molar refractivity (Wildman–Crippen MR) is 44.2 cm³/mol. The number of hydrogen-bond acceptors (Lipinski definition) is 4. The number of aryl methyl sites for hydroxylation is 1. The summed E-state index contributed by atoms with van der Waals surface area (Å²) in [6, 6.07) is 0. The normalized spacial score (nSPS) is 9.92. The minimum absolute atomic E-state index is 0.0330. The third-order valence-corrected chi connectivity index (χ3v) is 1.68. The number of nitrogens with zero attached hydrogens (tertiary/aromatic N) is 1. The molecule has 1 aromatic rings. The fourth-order valence-electron chi connectivity index (χ4n) is 1.10. The van der Waals surface area contributed by atoms with Crippen molar-refractivity contribution in [3.05, 3.63) is 17.0 Å². The van der Waals surface area contributed by atoms with Crippen molar-refractivity contribution < 1.29 is 14.1 Å². The number of carbonyl (C=O) groups is 2. The van der Waals surface area contributed by atoms with E-state index in [1.165, 1.54) is 0 Å². The third-order valence-electron chi connectivity index (χ3n) is 1.68. The Bertz CT molecular complexity index is 330. The third kappa shape index (κ3) is 1.74. The van der Waals surface area contributed by atoms with Crippen LogP contribution in [0.2, 0.25) is 0 Å². The van der Waals surface area contributed by atoms with Crippen molar-refractivity contribution in [3.8, 4) is 0 Å². The summed E-state index contributed by atoms with van der Waals surface area (Å²) in [6.45, 7) is 1.83. The molecular formula is C8H10N2O3. The van der Waals surface area contributed by atoms with Gasteiger partial charge in [-0.3, -0.25) is 4.79 Å². The van der Waals surface area contributed by atoms with Gasteiger partial charge >= 0.3 is 0 Å². The average molecular weight is 182 g/mol. The van der Waals surface area contributed by atoms with E-state index in [1.54, 1.807) is 0 Å². The average Bonchev–Trinajstić information content (AvgIpc) is 2.48. The Morgan fingerprint density at radius 2 is 2.38 bits per heavy atom. The number of primary amides is 1. The minimum atomic E-state index is -0.602. The number of carbonyl (C=O) groups excluding carboxylic acids is 2. The summed E-state index contributed by atoms with van der Waals surface area (Å²) in [6.07, 6.45) is 1.23. The molecule has 1 aromatic heterocycles. The fraction of sp³-hybridized carbons (Fsp3) is 0.375. The molecular weight excluding hydrogens is 172 g/mol. The summed E-state index contributed by atoms with van der Waals surface area (Å²) < 4.78 is 4.81. The molecule has 0 radical (unpaired) electrons. The largest absolute Gasteiger partial charge is 0.365 e. The molecule has 0 aromatic carbocycles. The monoisotopic (exact) mass is 182 g/mol. The van der Waals surface area contributed by atoms with Crippen LogP contribution in [0.25, 0.3) is 0 Å². The Labute approximate surface area is 74.9 Å². The summed E-state index contributed by atoms with van der Waals surface area (Å²) in [7, 11) is 0. The molecule has 1 rings (SSSR count). The second-order valence-corrected chi connectivity index (χ2v) is 2.52. The molecule has 0 spiro atoms. The van der Waals surface area contributed by atoms with Crippen LogP contribution in [-0.4, -0.2) is 17.4 Å². The Morgan fingerprint density at radius 1 is 1.69 bits per heavy atom. The van der Waals surface area contributed by atoms with Gasteiger partial charge in [-0.25, -0.2) is 0 Å². The molecule has 0 fully saturated rings. The van der Waals surface area contributed by atoms with Gasteiger partial charge in [0.25, 0.3) is 5.91 Å². The van der Waals surface area contributed by atoms with Crippen molar-refractivity contribution in [2.24, 2.45) is 5.73 Å². The summed E-state index contributed by atoms with van der Waals surface area (Å²) in [5, 5.41) is 3.64. The maximum Gasteiger partial charge on any atom is 0.254 e. The summed E-state index contributed by atoms with van der Waals surface area (Å²) in [5.41, 5.74) is 5.86. The van der Waals surface area contributed by atoms with Crippen molar-refractivity contribution in [2.75, 3.05) is 0 Å². The van der Waals surface area contributed by atoms with Crippen LogP contribution in [0.4, 0.5) is 0 Å². The minimum Gasteiger partial charge on any atom is -0.365 e. The van der Waals surface area contributed by atoms with Crippen LogP contribution in [-0.2, 0) is 17.6 Å². The molecule has 0 atom stereocenters. The lowest BCUT2D eigenvalue weighted by molar-refractivity contribution is -0.107. The molecule has 0 aliphatic rings. The second-order valence-electron chi connectivity index (χ2n) is 2.52. The predicted octanol–water partition coefficient (Wildman–Crippen LogP) is 0.0773. The zero-order valence-corrected chi connectivity index (χ0v) is 7.24. The molecule has 13 heavy (non-hydrogen) atoms. The highest BCUT2D eigenvalue weighted by Gasteiger charge is 2.18. The summed E-state index contributed by atoms with van der Waals surface area (Å²) >= 11 is 0. The van der Waals surface area contributed by atoms with E-state index >= 15 is 0 Å². The van der Waals surface area contributed by atoms with Crippen molar-refractivity contribution in [1.82, 2.24) is 5.16 Å². The van der Waals surface area contributed by atoms with E-state index in [4.69, 9.17) is 10.3 Å². The molecule has 2 N–H and O–H groups in total. The highest BCUT2D eigenvalue weighted by Crippen LogP contribution is 2.14. The van der Waals surface area contributed by atoms with Crippen LogP contribution in [0.5, 0.6) is 0 Å². The zero-order chi connectivity index (χ0) is 9.84. The quantitative estimate of drug-likeness (QED) is 0.668. The molecule has 0 bridgehead atoms. The van der Waals surface area contributed by atoms with Gasteiger partial charge in [-0.2, -0.15) is 0 Å². The highest BCUT2D eigenvalue weighted by molar-refractivity contribution is 5.95. The van der Waals surface area contributed by atoms with Gasteiger partial charge in [0.1, 0.15) is 11.8 Å². The molecule has 1 amide bonds. The van der Waals surface area contributed by atoms with E-state index in [1.807, 2.05) is 6.92 Å². The van der Waals surface area contributed by atoms with E-state index in [-0.39, 0.29) is 17.7 Å². The van der Waals surface area contributed by atoms with Crippen LogP contribution in [0.3, 0.4) is 0 Å². The lowest BCUT2D eigenvalue weighted by Crippen LogP contribution is -2.14. The van der Waals surface area contributed by atoms with Gasteiger partial charge in [0.05, 0.1) is 12.1 Å². The lowest BCUT2D eigenvalue weighted by Gasteiger charge is -1.93. The van der Waals surface area contributed by atoms with Crippen LogP contribution in [0, 0.1) is 0 Å². The van der Waals surface area contributed by atoms with E-state index in [2.05, 4.69) is 5.16 Å². The number of aldehydes is 1. The van der Waals surface area contributed by atoms with Crippen LogP contribution in [0.15, 0.2) is 4.52 Å². The maximum absolute atomic E-state index is 10.9. The number of rotatable bonds is 4. The van der Waals surface area contributed by atoms with Gasteiger partial charge in [0.2, 0.25) is 0 Å². The Balaban J connectivity index is 3.13. The Kier molecular flexibility index (Phi) is 2.79. The van der Waals surface area contributed by atoms with Crippen LogP contribution >= 0.6 is 0 Å². The van der Waals surface area contributed by atoms with E-state index in [0.717, 1.165) is 0 Å². The highest BCUT2D eigenvalue weighted by atomic mass is 16.5. The summed E-state index contributed by atoms with van der Waals surface area (Å²) in [5.74, 6) is -0.352. The fourth-order valence-corrected chi connectivity index (χ4v) is 1.10. The number of aromatic nitrogens is 1. The standard InChI is InChI=1S/C8H10N2O3/c1-2-5-7(8(9)12)6(3-4-11)13-10-5/h4H,2-3H2,1H3,(H2,9,12). The maximum atomic E-state index is 10.9. The van der Waals surface area contributed by atoms with Gasteiger partial charge in [0, 0.05) is 0 Å². The van der Waals surface area contributed by atoms with Gasteiger partial charge < -0.3 is 15.1 Å². The Morgan fingerprint density at radius 3 is 2.85 bits per heavy atom. The molecule has 5 heteroatoms. The van der Waals surface area contributed by atoms with Gasteiger partial charge in [0.15, 0.2) is 5.76 Å². The van der Waals surface area contributed by atoms with Gasteiger partial charge in [-0.1, -0.05) is 12.1 Å². The van der Waals surface area contributed by atoms with Crippen molar-refractivity contribution in [2.45, 2.75) is 19.8 Å². The first kappa shape index (κ1) is 9.44. The molecule has 0 saturated heterocycles. The van der Waals surface area contributed by atoms with Crippen LogP contribution in [0.1, 0.15) is 28.7 Å². The zero-order valence-electron chi connectivity index (χ0n) is 7.24. The van der Waals surface area contributed by atoms with Gasteiger partial charge in [-0.05, 0) is 6.42 Å². The molecule has 0 aliphatic heterocycles. The number of hydrogen-bond donors (Lipinski definition) is 1. The van der Waals surface area contributed by atoms with Crippen molar-refractivity contribution >= 4 is 12.2 Å². The number of amides is 1. The SMILES string of the molecule is CCc1noc(CC=O)c1C(N)=O. The molecule has 5 nitrogen and oxygen atoms in total. The van der Waals surface area contributed by atoms with Gasteiger partial charge in [-0.15, -0.1) is 0 Å². The van der Waals surface area contributed by atoms with Crippen molar-refractivity contribution in [1.29, 1.82) is 0 Å². The molecule has 0 aliphatic carbocycles. The lowest BCUT2D eigenvalue weighted by atomic mass is 10.1. The second kappa shape index (κ2) is 3.84. The first-order chi connectivity index (χ1) is 6.20. The van der Waals surface area contributed by atoms with E-state index in [9.17, 15) is 9.59 Å². The topological polar surface area (TPSA) is 86.2 Å². The van der Waals surface area contributed by atoms with E-state index < -0.39 is 5.91 Å². The van der Waals surface area contributed by atoms with E-state index in [0.29, 0.717) is 18.4 Å². The molecule has 0 saturated carbocycles. The molecule has 0 unspecified atom stereocenters.